The molecule has 3 aromatic rings. The van der Waals surface area contributed by atoms with Crippen molar-refractivity contribution in [2.75, 3.05) is 37.6 Å². The monoisotopic (exact) mass is 351 g/mol. The van der Waals surface area contributed by atoms with Crippen molar-refractivity contribution >= 4 is 17.2 Å². The van der Waals surface area contributed by atoms with Gasteiger partial charge in [0.25, 0.3) is 0 Å². The standard InChI is InChI=1S/C19H21N5S/c1-2-4-16(5-3-1)19-22-17(15-25-19)6-9-23-10-12-24(13-11-23)18-14-20-7-8-21-18/h1-5,7-8,14-15H,6,9-13H2. The fourth-order valence-corrected chi connectivity index (χ4v) is 3.92. The summed E-state index contributed by atoms with van der Waals surface area (Å²) in [5.74, 6) is 0.981. The maximum absolute atomic E-state index is 4.79. The predicted octanol–water partition coefficient (Wildman–Crippen LogP) is 2.96. The van der Waals surface area contributed by atoms with Crippen LogP contribution in [-0.2, 0) is 6.42 Å². The summed E-state index contributed by atoms with van der Waals surface area (Å²) in [5.41, 5.74) is 2.40. The van der Waals surface area contributed by atoms with Gasteiger partial charge in [0, 0.05) is 62.5 Å². The molecule has 3 heterocycles. The first kappa shape index (κ1) is 16.2. The summed E-state index contributed by atoms with van der Waals surface area (Å²) in [7, 11) is 0. The fourth-order valence-electron chi connectivity index (χ4n) is 3.06. The van der Waals surface area contributed by atoms with E-state index >= 15 is 0 Å². The van der Waals surface area contributed by atoms with Crippen LogP contribution in [0.4, 0.5) is 5.82 Å². The van der Waals surface area contributed by atoms with Crippen molar-refractivity contribution in [1.82, 2.24) is 19.9 Å². The number of thiazole rings is 1. The van der Waals surface area contributed by atoms with Crippen molar-refractivity contribution in [3.05, 3.63) is 60.0 Å². The van der Waals surface area contributed by atoms with Crippen molar-refractivity contribution < 1.29 is 0 Å². The van der Waals surface area contributed by atoms with E-state index in [9.17, 15) is 0 Å². The largest absolute Gasteiger partial charge is 0.353 e. The van der Waals surface area contributed by atoms with Gasteiger partial charge in [-0.05, 0) is 0 Å². The highest BCUT2D eigenvalue weighted by Gasteiger charge is 2.18. The van der Waals surface area contributed by atoms with Crippen LogP contribution < -0.4 is 4.90 Å². The number of anilines is 1. The Morgan fingerprint density at radius 1 is 1.00 bits per heavy atom. The van der Waals surface area contributed by atoms with Crippen LogP contribution >= 0.6 is 11.3 Å². The lowest BCUT2D eigenvalue weighted by Crippen LogP contribution is -2.47. The molecule has 1 aromatic carbocycles. The van der Waals surface area contributed by atoms with Crippen LogP contribution in [0, 0.1) is 0 Å². The van der Waals surface area contributed by atoms with E-state index in [1.165, 1.54) is 11.3 Å². The molecule has 0 N–H and O–H groups in total. The van der Waals surface area contributed by atoms with Gasteiger partial charge < -0.3 is 4.90 Å². The van der Waals surface area contributed by atoms with Crippen LogP contribution in [0.1, 0.15) is 5.69 Å². The predicted molar refractivity (Wildman–Crippen MR) is 102 cm³/mol. The number of hydrogen-bond acceptors (Lipinski definition) is 6. The highest BCUT2D eigenvalue weighted by atomic mass is 32.1. The van der Waals surface area contributed by atoms with Crippen molar-refractivity contribution in [2.24, 2.45) is 0 Å². The third-order valence-corrected chi connectivity index (χ3v) is 5.44. The molecule has 1 fully saturated rings. The van der Waals surface area contributed by atoms with Crippen molar-refractivity contribution in [3.63, 3.8) is 0 Å². The molecule has 0 unspecified atom stereocenters. The summed E-state index contributed by atoms with van der Waals surface area (Å²) in [4.78, 5) is 18.2. The number of hydrogen-bond donors (Lipinski definition) is 0. The Labute approximate surface area is 152 Å². The molecule has 6 heteroatoms. The molecule has 0 radical (unpaired) electrons. The average Bonchev–Trinajstić information content (AvgIpc) is 3.17. The Hall–Kier alpha value is -2.31. The maximum Gasteiger partial charge on any atom is 0.147 e. The molecule has 25 heavy (non-hydrogen) atoms. The second kappa shape index (κ2) is 7.72. The number of rotatable bonds is 5. The van der Waals surface area contributed by atoms with Gasteiger partial charge in [0.2, 0.25) is 0 Å². The molecule has 1 aliphatic heterocycles. The van der Waals surface area contributed by atoms with Gasteiger partial charge in [-0.1, -0.05) is 30.3 Å². The zero-order valence-corrected chi connectivity index (χ0v) is 14.9. The molecular weight excluding hydrogens is 330 g/mol. The molecule has 5 nitrogen and oxygen atoms in total. The van der Waals surface area contributed by atoms with Crippen LogP contribution in [-0.4, -0.2) is 52.6 Å². The molecule has 1 saturated heterocycles. The van der Waals surface area contributed by atoms with Crippen LogP contribution in [0.5, 0.6) is 0 Å². The lowest BCUT2D eigenvalue weighted by Gasteiger charge is -2.35. The van der Waals surface area contributed by atoms with Crippen LogP contribution in [0.25, 0.3) is 10.6 Å². The molecular formula is C19H21N5S. The minimum absolute atomic E-state index is 0.981. The molecule has 2 aromatic heterocycles. The molecule has 4 rings (SSSR count). The highest BCUT2D eigenvalue weighted by molar-refractivity contribution is 7.13. The summed E-state index contributed by atoms with van der Waals surface area (Å²) in [6, 6.07) is 10.4. The van der Waals surface area contributed by atoms with Crippen LogP contribution in [0.2, 0.25) is 0 Å². The minimum atomic E-state index is 0.981. The first-order valence-electron chi connectivity index (χ1n) is 8.61. The van der Waals surface area contributed by atoms with Gasteiger partial charge in [0.05, 0.1) is 11.9 Å². The van der Waals surface area contributed by atoms with E-state index in [0.717, 1.165) is 50.0 Å². The fraction of sp³-hybridized carbons (Fsp3) is 0.316. The van der Waals surface area contributed by atoms with Gasteiger partial charge in [-0.3, -0.25) is 9.88 Å². The SMILES string of the molecule is c1ccc(-c2nc(CCN3CCN(c4cnccn4)CC3)cs2)cc1. The molecule has 128 valence electrons. The second-order valence-corrected chi connectivity index (χ2v) is 7.01. The quantitative estimate of drug-likeness (QED) is 0.707. The number of aromatic nitrogens is 3. The Kier molecular flexibility index (Phi) is 4.99. The van der Waals surface area contributed by atoms with E-state index in [0.29, 0.717) is 0 Å². The molecule has 0 bridgehead atoms. The Morgan fingerprint density at radius 3 is 2.60 bits per heavy atom. The van der Waals surface area contributed by atoms with Crippen molar-refractivity contribution in [2.45, 2.75) is 6.42 Å². The van der Waals surface area contributed by atoms with Gasteiger partial charge in [0.15, 0.2) is 0 Å². The van der Waals surface area contributed by atoms with E-state index < -0.39 is 0 Å². The third-order valence-electron chi connectivity index (χ3n) is 4.50. The zero-order valence-electron chi connectivity index (χ0n) is 14.1. The van der Waals surface area contributed by atoms with E-state index in [2.05, 4.69) is 49.4 Å². The number of benzene rings is 1. The summed E-state index contributed by atoms with van der Waals surface area (Å²) < 4.78 is 0. The molecule has 0 saturated carbocycles. The van der Waals surface area contributed by atoms with Gasteiger partial charge in [-0.25, -0.2) is 9.97 Å². The second-order valence-electron chi connectivity index (χ2n) is 6.15. The van der Waals surface area contributed by atoms with Gasteiger partial charge >= 0.3 is 0 Å². The lowest BCUT2D eigenvalue weighted by molar-refractivity contribution is 0.260. The summed E-state index contributed by atoms with van der Waals surface area (Å²) >= 11 is 1.73. The zero-order chi connectivity index (χ0) is 16.9. The first-order valence-corrected chi connectivity index (χ1v) is 9.49. The molecule has 0 atom stereocenters. The van der Waals surface area contributed by atoms with E-state index in [1.807, 2.05) is 12.3 Å². The van der Waals surface area contributed by atoms with Gasteiger partial charge in [-0.15, -0.1) is 11.3 Å². The van der Waals surface area contributed by atoms with Gasteiger partial charge in [-0.2, -0.15) is 0 Å². The Bertz CT molecular complexity index is 782. The summed E-state index contributed by atoms with van der Waals surface area (Å²) in [6.07, 6.45) is 6.33. The minimum Gasteiger partial charge on any atom is -0.353 e. The number of piperazine rings is 1. The molecule has 1 aliphatic rings. The maximum atomic E-state index is 4.79. The Balaban J connectivity index is 1.28. The molecule has 0 amide bonds. The van der Waals surface area contributed by atoms with Crippen LogP contribution in [0.3, 0.4) is 0 Å². The van der Waals surface area contributed by atoms with Crippen LogP contribution in [0.15, 0.2) is 54.3 Å². The summed E-state index contributed by atoms with van der Waals surface area (Å²) in [5, 5.41) is 3.31. The highest BCUT2D eigenvalue weighted by Crippen LogP contribution is 2.23. The molecule has 0 aliphatic carbocycles. The van der Waals surface area contributed by atoms with Crippen molar-refractivity contribution in [1.29, 1.82) is 0 Å². The Morgan fingerprint density at radius 2 is 1.84 bits per heavy atom. The van der Waals surface area contributed by atoms with Gasteiger partial charge in [0.1, 0.15) is 10.8 Å². The first-order chi connectivity index (χ1) is 12.4. The number of nitrogens with zero attached hydrogens (tertiary/aromatic N) is 5. The topological polar surface area (TPSA) is 45.2 Å². The summed E-state index contributed by atoms with van der Waals surface area (Å²) in [6.45, 7) is 5.20. The van der Waals surface area contributed by atoms with E-state index in [-0.39, 0.29) is 0 Å². The molecule has 0 spiro atoms. The normalized spacial score (nSPS) is 15.4. The third kappa shape index (κ3) is 4.03. The van der Waals surface area contributed by atoms with E-state index in [1.54, 1.807) is 23.7 Å². The van der Waals surface area contributed by atoms with Crippen molar-refractivity contribution in [3.8, 4) is 10.6 Å². The average molecular weight is 351 g/mol. The smallest absolute Gasteiger partial charge is 0.147 e. The van der Waals surface area contributed by atoms with E-state index in [4.69, 9.17) is 4.98 Å². The lowest BCUT2D eigenvalue weighted by atomic mass is 10.2.